The standard InChI is InChI=1S/C15H21BrFNO2/c1-5-20-14(19)15(4,18-9-10(2)3)12-7-6-11(16)8-13(12)17/h6-8,10,18H,5,9H2,1-4H3. The van der Waals surface area contributed by atoms with Crippen molar-refractivity contribution >= 4 is 21.9 Å². The number of ether oxygens (including phenoxy) is 1. The molecule has 5 heteroatoms. The number of esters is 1. The molecule has 0 aliphatic rings. The van der Waals surface area contributed by atoms with Crippen LogP contribution in [0, 0.1) is 11.7 Å². The van der Waals surface area contributed by atoms with Crippen LogP contribution in [-0.2, 0) is 15.1 Å². The summed E-state index contributed by atoms with van der Waals surface area (Å²) >= 11 is 3.22. The molecule has 1 atom stereocenters. The van der Waals surface area contributed by atoms with E-state index in [2.05, 4.69) is 21.2 Å². The molecule has 0 aromatic heterocycles. The van der Waals surface area contributed by atoms with Gasteiger partial charge in [-0.05, 0) is 38.4 Å². The van der Waals surface area contributed by atoms with E-state index in [0.717, 1.165) is 0 Å². The molecule has 0 spiro atoms. The molecule has 0 saturated carbocycles. The zero-order valence-corrected chi connectivity index (χ0v) is 13.9. The molecule has 0 radical (unpaired) electrons. The molecule has 3 nitrogen and oxygen atoms in total. The summed E-state index contributed by atoms with van der Waals surface area (Å²) in [5.41, 5.74) is -0.898. The largest absolute Gasteiger partial charge is 0.464 e. The zero-order chi connectivity index (χ0) is 15.3. The summed E-state index contributed by atoms with van der Waals surface area (Å²) in [5, 5.41) is 3.13. The van der Waals surface area contributed by atoms with Gasteiger partial charge in [0.05, 0.1) is 6.61 Å². The fraction of sp³-hybridized carbons (Fsp3) is 0.533. The van der Waals surface area contributed by atoms with Gasteiger partial charge in [-0.25, -0.2) is 9.18 Å². The highest BCUT2D eigenvalue weighted by Gasteiger charge is 2.38. The second-order valence-corrected chi connectivity index (χ2v) is 6.16. The van der Waals surface area contributed by atoms with Gasteiger partial charge in [0, 0.05) is 10.0 Å². The molecule has 1 aromatic rings. The first-order chi connectivity index (χ1) is 9.31. The molecule has 20 heavy (non-hydrogen) atoms. The van der Waals surface area contributed by atoms with E-state index in [9.17, 15) is 9.18 Å². The van der Waals surface area contributed by atoms with Gasteiger partial charge in [0.2, 0.25) is 0 Å². The molecule has 0 aliphatic carbocycles. The van der Waals surface area contributed by atoms with Crippen molar-refractivity contribution in [2.45, 2.75) is 33.2 Å². The molecule has 1 N–H and O–H groups in total. The molecular formula is C15H21BrFNO2. The molecule has 0 bridgehead atoms. The van der Waals surface area contributed by atoms with E-state index < -0.39 is 17.3 Å². The highest BCUT2D eigenvalue weighted by Crippen LogP contribution is 2.27. The molecule has 1 rings (SSSR count). The normalized spacial score (nSPS) is 14.2. The van der Waals surface area contributed by atoms with Gasteiger partial charge in [0.15, 0.2) is 0 Å². The maximum atomic E-state index is 14.2. The third-order valence-corrected chi connectivity index (χ3v) is 3.51. The topological polar surface area (TPSA) is 38.3 Å². The lowest BCUT2D eigenvalue weighted by atomic mass is 9.91. The lowest BCUT2D eigenvalue weighted by Gasteiger charge is -2.30. The van der Waals surface area contributed by atoms with E-state index in [1.807, 2.05) is 13.8 Å². The van der Waals surface area contributed by atoms with Crippen LogP contribution in [0.1, 0.15) is 33.3 Å². The maximum Gasteiger partial charge on any atom is 0.330 e. The molecule has 0 amide bonds. The number of nitrogens with one attached hydrogen (secondary N) is 1. The minimum absolute atomic E-state index is 0.260. The van der Waals surface area contributed by atoms with Crippen LogP contribution < -0.4 is 5.32 Å². The number of carbonyl (C=O) groups excluding carboxylic acids is 1. The first-order valence-corrected chi connectivity index (χ1v) is 7.48. The van der Waals surface area contributed by atoms with Crippen molar-refractivity contribution in [3.63, 3.8) is 0 Å². The van der Waals surface area contributed by atoms with Crippen molar-refractivity contribution < 1.29 is 13.9 Å². The molecule has 0 aliphatic heterocycles. The Morgan fingerprint density at radius 3 is 2.65 bits per heavy atom. The van der Waals surface area contributed by atoms with Crippen molar-refractivity contribution in [1.82, 2.24) is 5.32 Å². The van der Waals surface area contributed by atoms with Gasteiger partial charge < -0.3 is 4.74 Å². The Hall–Kier alpha value is -0.940. The van der Waals surface area contributed by atoms with Crippen LogP contribution in [0.25, 0.3) is 0 Å². The highest BCUT2D eigenvalue weighted by molar-refractivity contribution is 9.10. The van der Waals surface area contributed by atoms with Gasteiger partial charge in [0.1, 0.15) is 11.4 Å². The van der Waals surface area contributed by atoms with Crippen molar-refractivity contribution in [2.24, 2.45) is 5.92 Å². The predicted molar refractivity (Wildman–Crippen MR) is 80.9 cm³/mol. The SMILES string of the molecule is CCOC(=O)C(C)(NCC(C)C)c1ccc(Br)cc1F. The Bertz CT molecular complexity index is 479. The summed E-state index contributed by atoms with van der Waals surface area (Å²) in [7, 11) is 0. The number of benzene rings is 1. The van der Waals surface area contributed by atoms with Crippen LogP contribution in [0.3, 0.4) is 0 Å². The Balaban J connectivity index is 3.17. The minimum Gasteiger partial charge on any atom is -0.464 e. The first kappa shape index (κ1) is 17.1. The molecule has 0 saturated heterocycles. The lowest BCUT2D eigenvalue weighted by Crippen LogP contribution is -2.49. The molecular weight excluding hydrogens is 325 g/mol. The van der Waals surface area contributed by atoms with Crippen LogP contribution in [0.15, 0.2) is 22.7 Å². The van der Waals surface area contributed by atoms with E-state index in [1.54, 1.807) is 26.0 Å². The smallest absolute Gasteiger partial charge is 0.330 e. The average molecular weight is 346 g/mol. The van der Waals surface area contributed by atoms with E-state index in [1.165, 1.54) is 6.07 Å². The third-order valence-electron chi connectivity index (χ3n) is 3.02. The second kappa shape index (κ2) is 7.18. The Kier molecular flexibility index (Phi) is 6.14. The van der Waals surface area contributed by atoms with Crippen molar-refractivity contribution in [3.05, 3.63) is 34.1 Å². The van der Waals surface area contributed by atoms with Gasteiger partial charge in [0.25, 0.3) is 0 Å². The Labute approximate surface area is 128 Å². The van der Waals surface area contributed by atoms with Gasteiger partial charge in [-0.3, -0.25) is 5.32 Å². The third kappa shape index (κ3) is 4.03. The fourth-order valence-electron chi connectivity index (χ4n) is 1.86. The summed E-state index contributed by atoms with van der Waals surface area (Å²) in [6.07, 6.45) is 0. The highest BCUT2D eigenvalue weighted by atomic mass is 79.9. The summed E-state index contributed by atoms with van der Waals surface area (Å²) < 4.78 is 19.9. The summed E-state index contributed by atoms with van der Waals surface area (Å²) in [4.78, 5) is 12.3. The van der Waals surface area contributed by atoms with Crippen LogP contribution >= 0.6 is 15.9 Å². The van der Waals surface area contributed by atoms with Gasteiger partial charge >= 0.3 is 5.97 Å². The van der Waals surface area contributed by atoms with E-state index in [4.69, 9.17) is 4.74 Å². The summed E-state index contributed by atoms with van der Waals surface area (Å²) in [5.74, 6) is -0.574. The van der Waals surface area contributed by atoms with Gasteiger partial charge in [-0.1, -0.05) is 35.8 Å². The number of hydrogen-bond acceptors (Lipinski definition) is 3. The zero-order valence-electron chi connectivity index (χ0n) is 12.3. The summed E-state index contributed by atoms with van der Waals surface area (Å²) in [6, 6.07) is 4.67. The first-order valence-electron chi connectivity index (χ1n) is 6.69. The lowest BCUT2D eigenvalue weighted by molar-refractivity contribution is -0.151. The number of halogens is 2. The number of hydrogen-bond donors (Lipinski definition) is 1. The van der Waals surface area contributed by atoms with Crippen LogP contribution in [0.4, 0.5) is 4.39 Å². The number of carbonyl (C=O) groups is 1. The fourth-order valence-corrected chi connectivity index (χ4v) is 2.19. The second-order valence-electron chi connectivity index (χ2n) is 5.24. The van der Waals surface area contributed by atoms with E-state index in [0.29, 0.717) is 22.5 Å². The monoisotopic (exact) mass is 345 g/mol. The van der Waals surface area contributed by atoms with Crippen LogP contribution in [0.2, 0.25) is 0 Å². The summed E-state index contributed by atoms with van der Waals surface area (Å²) in [6.45, 7) is 8.28. The molecule has 0 heterocycles. The predicted octanol–water partition coefficient (Wildman–Crippen LogP) is 3.61. The molecule has 0 fully saturated rings. The average Bonchev–Trinajstić information content (AvgIpc) is 2.36. The van der Waals surface area contributed by atoms with Crippen molar-refractivity contribution in [3.8, 4) is 0 Å². The van der Waals surface area contributed by atoms with Crippen LogP contribution in [-0.4, -0.2) is 19.1 Å². The van der Waals surface area contributed by atoms with Gasteiger partial charge in [-0.15, -0.1) is 0 Å². The molecule has 1 unspecified atom stereocenters. The molecule has 112 valence electrons. The van der Waals surface area contributed by atoms with E-state index in [-0.39, 0.29) is 6.61 Å². The number of rotatable bonds is 6. The maximum absolute atomic E-state index is 14.2. The van der Waals surface area contributed by atoms with Crippen LogP contribution in [0.5, 0.6) is 0 Å². The Morgan fingerprint density at radius 1 is 1.50 bits per heavy atom. The van der Waals surface area contributed by atoms with Crippen molar-refractivity contribution in [2.75, 3.05) is 13.2 Å². The molecule has 1 aromatic carbocycles. The minimum atomic E-state index is -1.19. The Morgan fingerprint density at radius 2 is 2.15 bits per heavy atom. The van der Waals surface area contributed by atoms with E-state index >= 15 is 0 Å². The van der Waals surface area contributed by atoms with Crippen molar-refractivity contribution in [1.29, 1.82) is 0 Å². The van der Waals surface area contributed by atoms with Gasteiger partial charge in [-0.2, -0.15) is 0 Å². The quantitative estimate of drug-likeness (QED) is 0.800.